The first kappa shape index (κ1) is 13.5. The summed E-state index contributed by atoms with van der Waals surface area (Å²) < 4.78 is 0. The smallest absolute Gasteiger partial charge is 0.300 e. The van der Waals surface area contributed by atoms with Crippen molar-refractivity contribution in [2.24, 2.45) is 0 Å². The van der Waals surface area contributed by atoms with Crippen molar-refractivity contribution in [1.29, 1.82) is 0 Å². The van der Waals surface area contributed by atoms with E-state index >= 15 is 0 Å². The summed E-state index contributed by atoms with van der Waals surface area (Å²) in [5.74, 6) is -0.461. The Kier molecular flexibility index (Phi) is 3.60. The average molecular weight is 272 g/mol. The Morgan fingerprint density at radius 1 is 1.35 bits per heavy atom. The van der Waals surface area contributed by atoms with Crippen LogP contribution in [0.1, 0.15) is 10.4 Å². The first-order valence-corrected chi connectivity index (χ1v) is 5.73. The third-order valence-electron chi connectivity index (χ3n) is 2.78. The zero-order valence-electron chi connectivity index (χ0n) is 10.7. The number of nitrogens with zero attached hydrogens (tertiary/aromatic N) is 3. The molecule has 1 aromatic heterocycles. The average Bonchev–Trinajstić information content (AvgIpc) is 2.46. The summed E-state index contributed by atoms with van der Waals surface area (Å²) in [6.45, 7) is 0. The minimum Gasteiger partial charge on any atom is -0.384 e. The molecule has 0 aliphatic heterocycles. The van der Waals surface area contributed by atoms with Gasteiger partial charge in [0.25, 0.3) is 11.6 Å². The zero-order valence-corrected chi connectivity index (χ0v) is 10.7. The Balaban J connectivity index is 2.43. The molecule has 1 aromatic carbocycles. The van der Waals surface area contributed by atoms with Gasteiger partial charge in [0.1, 0.15) is 17.6 Å². The summed E-state index contributed by atoms with van der Waals surface area (Å²) in [5, 5.41) is 11.0. The Morgan fingerprint density at radius 2 is 2.00 bits per heavy atom. The van der Waals surface area contributed by atoms with Gasteiger partial charge in [-0.15, -0.1) is 0 Å². The fourth-order valence-corrected chi connectivity index (χ4v) is 1.73. The highest BCUT2D eigenvalue weighted by atomic mass is 16.6. The van der Waals surface area contributed by atoms with Gasteiger partial charge in [-0.1, -0.05) is 18.2 Å². The lowest BCUT2D eigenvalue weighted by Crippen LogP contribution is -2.27. The molecule has 0 aliphatic rings. The standard InChI is InChI=1S/C13H12N4O3/c1-16(9-5-3-2-4-6-9)13(18)10-7-12(14)15-8-11(10)17(19)20/h2-8H,1H3,(H2,14,15). The molecule has 0 bridgehead atoms. The number of carbonyl (C=O) groups excluding carboxylic acids is 1. The van der Waals surface area contributed by atoms with E-state index in [4.69, 9.17) is 5.73 Å². The van der Waals surface area contributed by atoms with Gasteiger partial charge in [-0.2, -0.15) is 0 Å². The highest BCUT2D eigenvalue weighted by Gasteiger charge is 2.24. The molecule has 0 radical (unpaired) electrons. The van der Waals surface area contributed by atoms with Crippen LogP contribution in [0.2, 0.25) is 0 Å². The fraction of sp³-hybridized carbons (Fsp3) is 0.0769. The van der Waals surface area contributed by atoms with E-state index in [9.17, 15) is 14.9 Å². The SMILES string of the molecule is CN(C(=O)c1cc(N)ncc1[N+](=O)[O-])c1ccccc1. The van der Waals surface area contributed by atoms with Crippen molar-refractivity contribution < 1.29 is 9.72 Å². The maximum Gasteiger partial charge on any atom is 0.300 e. The molecule has 20 heavy (non-hydrogen) atoms. The molecule has 2 aromatic rings. The fourth-order valence-electron chi connectivity index (χ4n) is 1.73. The molecule has 0 spiro atoms. The van der Waals surface area contributed by atoms with Crippen LogP contribution in [0, 0.1) is 10.1 Å². The first-order valence-electron chi connectivity index (χ1n) is 5.73. The predicted octanol–water partition coefficient (Wildman–Crippen LogP) is 1.85. The molecule has 0 saturated heterocycles. The number of rotatable bonds is 3. The van der Waals surface area contributed by atoms with Gasteiger partial charge in [0, 0.05) is 12.7 Å². The van der Waals surface area contributed by atoms with Crippen LogP contribution < -0.4 is 10.6 Å². The molecule has 1 heterocycles. The Labute approximate surface area is 114 Å². The minimum absolute atomic E-state index is 0.0559. The van der Waals surface area contributed by atoms with Gasteiger partial charge in [-0.25, -0.2) is 4.98 Å². The Hall–Kier alpha value is -2.96. The van der Waals surface area contributed by atoms with Crippen molar-refractivity contribution in [2.45, 2.75) is 0 Å². The van der Waals surface area contributed by atoms with Crippen molar-refractivity contribution in [3.8, 4) is 0 Å². The summed E-state index contributed by atoms with van der Waals surface area (Å²) in [5.41, 5.74) is 5.67. The van der Waals surface area contributed by atoms with E-state index in [2.05, 4.69) is 4.98 Å². The number of para-hydroxylation sites is 1. The Bertz CT molecular complexity index is 658. The summed E-state index contributed by atoms with van der Waals surface area (Å²) in [4.78, 5) is 27.6. The van der Waals surface area contributed by atoms with E-state index in [0.717, 1.165) is 6.20 Å². The number of benzene rings is 1. The summed E-state index contributed by atoms with van der Waals surface area (Å²) in [7, 11) is 1.54. The van der Waals surface area contributed by atoms with Crippen LogP contribution in [0.15, 0.2) is 42.6 Å². The number of pyridine rings is 1. The molecule has 1 amide bonds. The van der Waals surface area contributed by atoms with E-state index in [0.29, 0.717) is 5.69 Å². The van der Waals surface area contributed by atoms with Crippen molar-refractivity contribution in [3.63, 3.8) is 0 Å². The number of amides is 1. The van der Waals surface area contributed by atoms with Crippen molar-refractivity contribution in [2.75, 3.05) is 17.7 Å². The van der Waals surface area contributed by atoms with Crippen LogP contribution in [0.3, 0.4) is 0 Å². The third-order valence-corrected chi connectivity index (χ3v) is 2.78. The van der Waals surface area contributed by atoms with Crippen molar-refractivity contribution in [3.05, 3.63) is 58.3 Å². The number of anilines is 2. The van der Waals surface area contributed by atoms with E-state index in [1.165, 1.54) is 18.0 Å². The van der Waals surface area contributed by atoms with E-state index in [1.54, 1.807) is 24.3 Å². The molecular weight excluding hydrogens is 260 g/mol. The van der Waals surface area contributed by atoms with Crippen LogP contribution >= 0.6 is 0 Å². The number of hydrogen-bond acceptors (Lipinski definition) is 5. The van der Waals surface area contributed by atoms with Crippen molar-refractivity contribution >= 4 is 23.1 Å². The second kappa shape index (κ2) is 5.35. The van der Waals surface area contributed by atoms with E-state index in [-0.39, 0.29) is 17.1 Å². The van der Waals surface area contributed by atoms with Crippen LogP contribution in [0.25, 0.3) is 0 Å². The molecular formula is C13H12N4O3. The Morgan fingerprint density at radius 3 is 2.60 bits per heavy atom. The lowest BCUT2D eigenvalue weighted by Gasteiger charge is -2.17. The summed E-state index contributed by atoms with van der Waals surface area (Å²) in [6.07, 6.45) is 0.988. The van der Waals surface area contributed by atoms with E-state index in [1.807, 2.05) is 6.07 Å². The van der Waals surface area contributed by atoms with Gasteiger partial charge < -0.3 is 10.6 Å². The summed E-state index contributed by atoms with van der Waals surface area (Å²) >= 11 is 0. The predicted molar refractivity (Wildman–Crippen MR) is 74.5 cm³/mol. The van der Waals surface area contributed by atoms with Crippen LogP contribution in [-0.2, 0) is 0 Å². The van der Waals surface area contributed by atoms with Crippen molar-refractivity contribution in [1.82, 2.24) is 4.98 Å². The number of aromatic nitrogens is 1. The first-order chi connectivity index (χ1) is 9.50. The van der Waals surface area contributed by atoms with Gasteiger partial charge in [0.15, 0.2) is 0 Å². The maximum absolute atomic E-state index is 12.4. The topological polar surface area (TPSA) is 102 Å². The molecule has 2 rings (SSSR count). The normalized spacial score (nSPS) is 10.1. The van der Waals surface area contributed by atoms with Gasteiger partial charge >= 0.3 is 0 Å². The zero-order chi connectivity index (χ0) is 14.7. The van der Waals surface area contributed by atoms with Crippen LogP contribution in [0.4, 0.5) is 17.2 Å². The number of nitro groups is 1. The summed E-state index contributed by atoms with van der Waals surface area (Å²) in [6, 6.07) is 10.0. The molecule has 0 aliphatic carbocycles. The largest absolute Gasteiger partial charge is 0.384 e. The number of nitrogens with two attached hydrogens (primary N) is 1. The molecule has 7 nitrogen and oxygen atoms in total. The molecule has 0 atom stereocenters. The molecule has 102 valence electrons. The van der Waals surface area contributed by atoms with Gasteiger partial charge in [-0.05, 0) is 18.2 Å². The lowest BCUT2D eigenvalue weighted by atomic mass is 10.2. The second-order valence-corrected chi connectivity index (χ2v) is 4.08. The van der Waals surface area contributed by atoms with Gasteiger partial charge in [0.05, 0.1) is 4.92 Å². The highest BCUT2D eigenvalue weighted by Crippen LogP contribution is 2.23. The quantitative estimate of drug-likeness (QED) is 0.678. The second-order valence-electron chi connectivity index (χ2n) is 4.08. The monoisotopic (exact) mass is 272 g/mol. The maximum atomic E-state index is 12.4. The molecule has 0 fully saturated rings. The lowest BCUT2D eigenvalue weighted by molar-refractivity contribution is -0.385. The highest BCUT2D eigenvalue weighted by molar-refractivity contribution is 6.08. The molecule has 2 N–H and O–H groups in total. The third kappa shape index (κ3) is 2.56. The van der Waals surface area contributed by atoms with E-state index < -0.39 is 10.8 Å². The number of nitrogen functional groups attached to an aromatic ring is 1. The van der Waals surface area contributed by atoms with Gasteiger partial charge in [0.2, 0.25) is 0 Å². The molecule has 0 saturated carbocycles. The van der Waals surface area contributed by atoms with Crippen LogP contribution in [-0.4, -0.2) is 22.9 Å². The molecule has 7 heteroatoms. The number of carbonyl (C=O) groups is 1. The number of hydrogen-bond donors (Lipinski definition) is 1. The van der Waals surface area contributed by atoms with Gasteiger partial charge in [-0.3, -0.25) is 14.9 Å². The van der Waals surface area contributed by atoms with Crippen LogP contribution in [0.5, 0.6) is 0 Å². The molecule has 0 unspecified atom stereocenters. The minimum atomic E-state index is -0.654.